The molecule has 5 aromatic rings. The van der Waals surface area contributed by atoms with Gasteiger partial charge in [-0.15, -0.1) is 0 Å². The number of hydrogen-bond donors (Lipinski definition) is 3. The molecular weight excluding hydrogens is 551 g/mol. The second-order valence-electron chi connectivity index (χ2n) is 9.93. The predicted octanol–water partition coefficient (Wildman–Crippen LogP) is 6.53. The normalized spacial score (nSPS) is 13.1. The molecule has 43 heavy (non-hydrogen) atoms. The van der Waals surface area contributed by atoms with Crippen LogP contribution in [0.3, 0.4) is 0 Å². The molecule has 0 radical (unpaired) electrons. The first kappa shape index (κ1) is 27.9. The molecule has 0 saturated carbocycles. The number of carbonyl (C=O) groups excluding carboxylic acids is 2. The number of anilines is 4. The summed E-state index contributed by atoms with van der Waals surface area (Å²) in [6, 6.07) is 20.2. The molecular formula is C32H29FN6O4. The maximum atomic E-state index is 15.2. The van der Waals surface area contributed by atoms with Crippen molar-refractivity contribution in [3.05, 3.63) is 84.9 Å². The molecule has 3 heterocycles. The Labute approximate surface area is 246 Å². The van der Waals surface area contributed by atoms with Gasteiger partial charge in [0.15, 0.2) is 5.82 Å². The maximum Gasteiger partial charge on any atom is 0.323 e. The molecule has 1 saturated heterocycles. The number of nitrogens with zero attached hydrogens (tertiary/aromatic N) is 3. The van der Waals surface area contributed by atoms with Crippen molar-refractivity contribution in [1.29, 1.82) is 0 Å². The minimum Gasteiger partial charge on any atom is -0.464 e. The van der Waals surface area contributed by atoms with Gasteiger partial charge < -0.3 is 30.0 Å². The first-order chi connectivity index (χ1) is 21.0. The fourth-order valence-electron chi connectivity index (χ4n) is 4.78. The number of ether oxygens (including phenoxy) is 1. The number of furan rings is 1. The summed E-state index contributed by atoms with van der Waals surface area (Å²) in [6.07, 6.45) is 1.89. The summed E-state index contributed by atoms with van der Waals surface area (Å²) >= 11 is 0. The van der Waals surface area contributed by atoms with Crippen LogP contribution in [0.5, 0.6) is 0 Å². The summed E-state index contributed by atoms with van der Waals surface area (Å²) in [7, 11) is 0. The van der Waals surface area contributed by atoms with Crippen LogP contribution in [0, 0.1) is 5.82 Å². The third kappa shape index (κ3) is 6.31. The number of carbonyl (C=O) groups is 2. The summed E-state index contributed by atoms with van der Waals surface area (Å²) in [5, 5.41) is 8.96. The van der Waals surface area contributed by atoms with Gasteiger partial charge in [0.2, 0.25) is 5.91 Å². The number of hydrogen-bond acceptors (Lipinski definition) is 7. The van der Waals surface area contributed by atoms with Crippen molar-refractivity contribution in [2.45, 2.75) is 13.3 Å². The lowest BCUT2D eigenvalue weighted by Gasteiger charge is -2.29. The number of urea groups is 1. The van der Waals surface area contributed by atoms with Crippen molar-refractivity contribution in [1.82, 2.24) is 9.97 Å². The molecule has 218 valence electrons. The van der Waals surface area contributed by atoms with Crippen LogP contribution < -0.4 is 20.9 Å². The van der Waals surface area contributed by atoms with Crippen LogP contribution in [0.4, 0.5) is 32.1 Å². The molecule has 0 bridgehead atoms. The Morgan fingerprint density at radius 3 is 2.16 bits per heavy atom. The Balaban J connectivity index is 1.23. The summed E-state index contributed by atoms with van der Waals surface area (Å²) in [6.45, 7) is 4.13. The van der Waals surface area contributed by atoms with E-state index in [0.29, 0.717) is 83.7 Å². The zero-order chi connectivity index (χ0) is 29.8. The lowest BCUT2D eigenvalue weighted by molar-refractivity contribution is -0.115. The molecule has 0 spiro atoms. The van der Waals surface area contributed by atoms with Crippen molar-refractivity contribution >= 4 is 45.7 Å². The van der Waals surface area contributed by atoms with Crippen molar-refractivity contribution < 1.29 is 23.1 Å². The molecule has 1 aliphatic heterocycles. The van der Waals surface area contributed by atoms with E-state index < -0.39 is 11.8 Å². The molecule has 1 aliphatic rings. The van der Waals surface area contributed by atoms with Gasteiger partial charge in [-0.25, -0.2) is 19.2 Å². The molecule has 3 aromatic carbocycles. The topological polar surface area (TPSA) is 122 Å². The number of nitrogens with one attached hydrogen (secondary N) is 3. The highest BCUT2D eigenvalue weighted by atomic mass is 19.1. The van der Waals surface area contributed by atoms with Crippen LogP contribution in [-0.2, 0) is 9.53 Å². The number of amides is 3. The number of benzene rings is 3. The van der Waals surface area contributed by atoms with Gasteiger partial charge in [-0.1, -0.05) is 6.92 Å². The van der Waals surface area contributed by atoms with Gasteiger partial charge in [0.1, 0.15) is 17.4 Å². The minimum absolute atomic E-state index is 0.0826. The first-order valence-electron chi connectivity index (χ1n) is 13.9. The van der Waals surface area contributed by atoms with E-state index in [1.165, 1.54) is 12.3 Å². The minimum atomic E-state index is -0.416. The highest BCUT2D eigenvalue weighted by Crippen LogP contribution is 2.34. The summed E-state index contributed by atoms with van der Waals surface area (Å²) in [5.74, 6) is 1.02. The monoisotopic (exact) mass is 580 g/mol. The average molecular weight is 581 g/mol. The first-order valence-corrected chi connectivity index (χ1v) is 13.9. The molecule has 10 nitrogen and oxygen atoms in total. The predicted molar refractivity (Wildman–Crippen MR) is 164 cm³/mol. The van der Waals surface area contributed by atoms with Crippen LogP contribution in [0.25, 0.3) is 33.6 Å². The van der Waals surface area contributed by atoms with Crippen molar-refractivity contribution in [2.24, 2.45) is 0 Å². The van der Waals surface area contributed by atoms with E-state index in [4.69, 9.17) is 19.1 Å². The van der Waals surface area contributed by atoms with E-state index >= 15 is 4.39 Å². The van der Waals surface area contributed by atoms with Gasteiger partial charge >= 0.3 is 6.03 Å². The lowest BCUT2D eigenvalue weighted by Crippen LogP contribution is -2.37. The third-order valence-corrected chi connectivity index (χ3v) is 7.01. The fourth-order valence-corrected chi connectivity index (χ4v) is 4.78. The van der Waals surface area contributed by atoms with Gasteiger partial charge in [-0.3, -0.25) is 4.79 Å². The van der Waals surface area contributed by atoms with E-state index in [1.54, 1.807) is 61.5 Å². The Hall–Kier alpha value is -5.29. The second-order valence-corrected chi connectivity index (χ2v) is 9.93. The Morgan fingerprint density at radius 1 is 0.884 bits per heavy atom. The third-order valence-electron chi connectivity index (χ3n) is 7.01. The Bertz CT molecular complexity index is 1750. The zero-order valence-corrected chi connectivity index (χ0v) is 23.4. The molecule has 0 aliphatic carbocycles. The maximum absolute atomic E-state index is 15.2. The average Bonchev–Trinajstić information content (AvgIpc) is 3.57. The van der Waals surface area contributed by atoms with Crippen LogP contribution in [0.2, 0.25) is 0 Å². The van der Waals surface area contributed by atoms with Crippen LogP contribution in [0.15, 0.2) is 83.5 Å². The SMILES string of the molecule is CCC(=O)Nc1ccc(NC(=O)Nc2ccc(-c3nc(N4CCOCC4)c4cc(F)c(-c5ccco5)cc4n3)cc2)cc1. The fraction of sp³-hybridized carbons (Fsp3) is 0.188. The summed E-state index contributed by atoms with van der Waals surface area (Å²) in [4.78, 5) is 35.9. The number of rotatable bonds is 7. The number of aromatic nitrogens is 2. The standard InChI is InChI=1S/C32H29FN6O4/c1-2-29(40)34-21-9-11-23(12-10-21)36-32(41)35-22-7-5-20(6-8-22)30-37-27-19-24(28-4-3-15-43-28)26(33)18-25(27)31(38-30)39-13-16-42-17-14-39/h3-12,15,18-19H,2,13-14,16-17H2,1H3,(H,34,40)(H2,35,36,41). The summed E-state index contributed by atoms with van der Waals surface area (Å²) in [5.41, 5.74) is 3.44. The van der Waals surface area contributed by atoms with Gasteiger partial charge in [0.25, 0.3) is 0 Å². The van der Waals surface area contributed by atoms with Crippen molar-refractivity contribution in [2.75, 3.05) is 47.2 Å². The van der Waals surface area contributed by atoms with Gasteiger partial charge in [0, 0.05) is 47.5 Å². The van der Waals surface area contributed by atoms with E-state index in [1.807, 2.05) is 12.1 Å². The van der Waals surface area contributed by atoms with Crippen LogP contribution in [-0.4, -0.2) is 48.2 Å². The van der Waals surface area contributed by atoms with Crippen molar-refractivity contribution in [3.8, 4) is 22.7 Å². The van der Waals surface area contributed by atoms with Gasteiger partial charge in [-0.05, 0) is 72.8 Å². The molecule has 0 atom stereocenters. The van der Waals surface area contributed by atoms with Crippen LogP contribution in [0.1, 0.15) is 13.3 Å². The lowest BCUT2D eigenvalue weighted by atomic mass is 10.1. The van der Waals surface area contributed by atoms with Gasteiger partial charge in [0.05, 0.1) is 30.6 Å². The largest absolute Gasteiger partial charge is 0.464 e. The molecule has 1 fully saturated rings. The van der Waals surface area contributed by atoms with Gasteiger partial charge in [-0.2, -0.15) is 0 Å². The molecule has 0 unspecified atom stereocenters. The van der Waals surface area contributed by atoms with E-state index in [-0.39, 0.29) is 5.91 Å². The molecule has 6 rings (SSSR count). The number of morpholine rings is 1. The zero-order valence-electron chi connectivity index (χ0n) is 23.4. The quantitative estimate of drug-likeness (QED) is 0.200. The van der Waals surface area contributed by atoms with E-state index in [9.17, 15) is 9.59 Å². The molecule has 3 N–H and O–H groups in total. The second kappa shape index (κ2) is 12.3. The van der Waals surface area contributed by atoms with Crippen molar-refractivity contribution in [3.63, 3.8) is 0 Å². The smallest absolute Gasteiger partial charge is 0.323 e. The Kier molecular flexibility index (Phi) is 7.96. The Morgan fingerprint density at radius 2 is 1.53 bits per heavy atom. The number of halogens is 1. The van der Waals surface area contributed by atoms with E-state index in [2.05, 4.69) is 20.9 Å². The highest BCUT2D eigenvalue weighted by Gasteiger charge is 2.21. The summed E-state index contributed by atoms with van der Waals surface area (Å²) < 4.78 is 26.2. The highest BCUT2D eigenvalue weighted by molar-refractivity contribution is 6.00. The molecule has 3 amide bonds. The number of fused-ring (bicyclic) bond motifs is 1. The van der Waals surface area contributed by atoms with Crippen LogP contribution >= 0.6 is 0 Å². The molecule has 11 heteroatoms. The molecule has 2 aromatic heterocycles. The van der Waals surface area contributed by atoms with E-state index in [0.717, 1.165) is 5.56 Å².